The van der Waals surface area contributed by atoms with Crippen molar-refractivity contribution in [3.63, 3.8) is 0 Å². The molecule has 4 N–H and O–H groups in total. The fourth-order valence-corrected chi connectivity index (χ4v) is 1.50. The van der Waals surface area contributed by atoms with Crippen LogP contribution < -0.4 is 10.6 Å². The number of nitrogens with zero attached hydrogens (tertiary/aromatic N) is 1. The summed E-state index contributed by atoms with van der Waals surface area (Å²) < 4.78 is 0. The number of carboxylic acids is 1. The second kappa shape index (κ2) is 7.34. The maximum absolute atomic E-state index is 11.6. The molecule has 20 heavy (non-hydrogen) atoms. The van der Waals surface area contributed by atoms with Crippen LogP contribution in [-0.2, 0) is 0 Å². The molecule has 0 atom stereocenters. The van der Waals surface area contributed by atoms with Gasteiger partial charge >= 0.3 is 12.0 Å². The summed E-state index contributed by atoms with van der Waals surface area (Å²) in [5.74, 6) is -1.71. The summed E-state index contributed by atoms with van der Waals surface area (Å²) in [7, 11) is 1.93. The lowest BCUT2D eigenvalue weighted by molar-refractivity contribution is 0.0693. The quantitative estimate of drug-likeness (QED) is 0.586. The molecule has 0 saturated carbocycles. The van der Waals surface area contributed by atoms with Crippen molar-refractivity contribution in [3.8, 4) is 5.75 Å². The highest BCUT2D eigenvalue weighted by Gasteiger charge is 2.14. The van der Waals surface area contributed by atoms with E-state index in [1.165, 1.54) is 18.2 Å². The van der Waals surface area contributed by atoms with E-state index in [1.807, 2.05) is 18.9 Å². The first-order chi connectivity index (χ1) is 9.45. The van der Waals surface area contributed by atoms with Gasteiger partial charge in [-0.1, -0.05) is 13.0 Å². The van der Waals surface area contributed by atoms with Crippen molar-refractivity contribution in [2.24, 2.45) is 0 Å². The SMILES string of the molecule is CCN(C)CCNC(=O)Nc1cccc(C(=O)O)c1O. The zero-order valence-corrected chi connectivity index (χ0v) is 11.5. The first-order valence-electron chi connectivity index (χ1n) is 6.24. The van der Waals surface area contributed by atoms with Crippen molar-refractivity contribution < 1.29 is 19.8 Å². The van der Waals surface area contributed by atoms with Gasteiger partial charge in [-0.2, -0.15) is 0 Å². The molecule has 1 aromatic carbocycles. The van der Waals surface area contributed by atoms with Gasteiger partial charge in [-0.25, -0.2) is 9.59 Å². The van der Waals surface area contributed by atoms with Gasteiger partial charge in [0.25, 0.3) is 0 Å². The zero-order valence-electron chi connectivity index (χ0n) is 11.5. The van der Waals surface area contributed by atoms with E-state index in [9.17, 15) is 14.7 Å². The Balaban J connectivity index is 2.58. The molecule has 0 aliphatic rings. The number of aromatic hydroxyl groups is 1. The van der Waals surface area contributed by atoms with Crippen molar-refractivity contribution in [3.05, 3.63) is 23.8 Å². The van der Waals surface area contributed by atoms with Crippen molar-refractivity contribution in [2.75, 3.05) is 32.0 Å². The number of likely N-dealkylation sites (N-methyl/N-ethyl adjacent to an activating group) is 1. The number of benzene rings is 1. The summed E-state index contributed by atoms with van der Waals surface area (Å²) in [5, 5.41) is 23.6. The van der Waals surface area contributed by atoms with Crippen LogP contribution >= 0.6 is 0 Å². The number of rotatable bonds is 6. The highest BCUT2D eigenvalue weighted by Crippen LogP contribution is 2.27. The number of hydrogen-bond donors (Lipinski definition) is 4. The average molecular weight is 281 g/mol. The average Bonchev–Trinajstić information content (AvgIpc) is 2.40. The third kappa shape index (κ3) is 4.43. The van der Waals surface area contributed by atoms with Crippen molar-refractivity contribution in [1.82, 2.24) is 10.2 Å². The molecule has 1 rings (SSSR count). The number of anilines is 1. The largest absolute Gasteiger partial charge is 0.505 e. The number of urea groups is 1. The van der Waals surface area contributed by atoms with Crippen LogP contribution in [0.1, 0.15) is 17.3 Å². The van der Waals surface area contributed by atoms with E-state index in [-0.39, 0.29) is 11.3 Å². The Morgan fingerprint density at radius 2 is 2.05 bits per heavy atom. The molecule has 7 nitrogen and oxygen atoms in total. The van der Waals surface area contributed by atoms with E-state index >= 15 is 0 Å². The van der Waals surface area contributed by atoms with Crippen molar-refractivity contribution in [1.29, 1.82) is 0 Å². The number of amides is 2. The minimum atomic E-state index is -1.25. The number of para-hydroxylation sites is 1. The van der Waals surface area contributed by atoms with Gasteiger partial charge in [-0.3, -0.25) is 0 Å². The van der Waals surface area contributed by atoms with Gasteiger partial charge in [0, 0.05) is 13.1 Å². The molecule has 0 spiro atoms. The molecule has 0 unspecified atom stereocenters. The molecule has 0 bridgehead atoms. The third-order valence-electron chi connectivity index (χ3n) is 2.83. The zero-order chi connectivity index (χ0) is 15.1. The smallest absolute Gasteiger partial charge is 0.339 e. The number of nitrogens with one attached hydrogen (secondary N) is 2. The van der Waals surface area contributed by atoms with Crippen LogP contribution in [0.2, 0.25) is 0 Å². The van der Waals surface area contributed by atoms with Gasteiger partial charge in [0.1, 0.15) is 5.56 Å². The summed E-state index contributed by atoms with van der Waals surface area (Å²) in [4.78, 5) is 24.5. The topological polar surface area (TPSA) is 102 Å². The fourth-order valence-electron chi connectivity index (χ4n) is 1.50. The van der Waals surface area contributed by atoms with Crippen LogP contribution in [0.3, 0.4) is 0 Å². The van der Waals surface area contributed by atoms with E-state index in [2.05, 4.69) is 10.6 Å². The molecule has 0 aliphatic carbocycles. The van der Waals surface area contributed by atoms with Gasteiger partial charge in [0.05, 0.1) is 5.69 Å². The molecule has 0 heterocycles. The van der Waals surface area contributed by atoms with Crippen LogP contribution in [0.4, 0.5) is 10.5 Å². The number of aromatic carboxylic acids is 1. The van der Waals surface area contributed by atoms with E-state index in [0.29, 0.717) is 13.1 Å². The molecule has 0 fully saturated rings. The highest BCUT2D eigenvalue weighted by atomic mass is 16.4. The van der Waals surface area contributed by atoms with Crippen LogP contribution in [0.15, 0.2) is 18.2 Å². The van der Waals surface area contributed by atoms with E-state index < -0.39 is 17.7 Å². The van der Waals surface area contributed by atoms with Gasteiger partial charge in [-0.05, 0) is 25.7 Å². The molecule has 0 saturated heterocycles. The maximum Gasteiger partial charge on any atom is 0.339 e. The molecule has 0 radical (unpaired) electrons. The van der Waals surface area contributed by atoms with Crippen molar-refractivity contribution in [2.45, 2.75) is 6.92 Å². The normalized spacial score (nSPS) is 10.3. The predicted octanol–water partition coefficient (Wildman–Crippen LogP) is 1.16. The van der Waals surface area contributed by atoms with Crippen molar-refractivity contribution >= 4 is 17.7 Å². The highest BCUT2D eigenvalue weighted by molar-refractivity contribution is 5.97. The molecular formula is C13H19N3O4. The number of carbonyl (C=O) groups is 2. The first-order valence-corrected chi connectivity index (χ1v) is 6.24. The Kier molecular flexibility index (Phi) is 5.79. The van der Waals surface area contributed by atoms with Crippen LogP contribution in [0.25, 0.3) is 0 Å². The summed E-state index contributed by atoms with van der Waals surface area (Å²) >= 11 is 0. The number of hydrogen-bond acceptors (Lipinski definition) is 4. The lowest BCUT2D eigenvalue weighted by Crippen LogP contribution is -2.35. The van der Waals surface area contributed by atoms with Gasteiger partial charge in [0.15, 0.2) is 5.75 Å². The monoisotopic (exact) mass is 281 g/mol. The van der Waals surface area contributed by atoms with Crippen LogP contribution in [0, 0.1) is 0 Å². The molecule has 1 aromatic rings. The third-order valence-corrected chi connectivity index (χ3v) is 2.83. The number of phenols is 1. The summed E-state index contributed by atoms with van der Waals surface area (Å²) in [5.41, 5.74) is -0.195. The van der Waals surface area contributed by atoms with Gasteiger partial charge < -0.3 is 25.7 Å². The van der Waals surface area contributed by atoms with Crippen LogP contribution in [-0.4, -0.2) is 53.8 Å². The van der Waals surface area contributed by atoms with Crippen LogP contribution in [0.5, 0.6) is 5.75 Å². The second-order valence-corrected chi connectivity index (χ2v) is 4.28. The standard InChI is InChI=1S/C13H19N3O4/c1-3-16(2)8-7-14-13(20)15-10-6-4-5-9(11(10)17)12(18)19/h4-6,17H,3,7-8H2,1-2H3,(H,18,19)(H2,14,15,20). The number of carbonyl (C=O) groups excluding carboxylic acids is 1. The van der Waals surface area contributed by atoms with E-state index in [1.54, 1.807) is 0 Å². The summed E-state index contributed by atoms with van der Waals surface area (Å²) in [6.07, 6.45) is 0. The second-order valence-electron chi connectivity index (χ2n) is 4.28. The minimum Gasteiger partial charge on any atom is -0.505 e. The van der Waals surface area contributed by atoms with E-state index in [0.717, 1.165) is 6.54 Å². The molecule has 7 heteroatoms. The Hall–Kier alpha value is -2.28. The number of carboxylic acid groups (broad SMARTS) is 1. The molecule has 0 aromatic heterocycles. The Bertz CT molecular complexity index is 491. The summed E-state index contributed by atoms with van der Waals surface area (Å²) in [6, 6.07) is 3.65. The van der Waals surface area contributed by atoms with Gasteiger partial charge in [0.2, 0.25) is 0 Å². The summed E-state index contributed by atoms with van der Waals surface area (Å²) in [6.45, 7) is 4.04. The Labute approximate surface area is 117 Å². The maximum atomic E-state index is 11.6. The molecule has 2 amide bonds. The minimum absolute atomic E-state index is 0.0613. The molecule has 0 aliphatic heterocycles. The Morgan fingerprint density at radius 3 is 2.65 bits per heavy atom. The Morgan fingerprint density at radius 1 is 1.35 bits per heavy atom. The van der Waals surface area contributed by atoms with E-state index in [4.69, 9.17) is 5.11 Å². The lowest BCUT2D eigenvalue weighted by Gasteiger charge is -2.14. The molecule has 110 valence electrons. The lowest BCUT2D eigenvalue weighted by atomic mass is 10.2. The predicted molar refractivity (Wildman–Crippen MR) is 75.3 cm³/mol. The first kappa shape index (κ1) is 15.8. The van der Waals surface area contributed by atoms with Gasteiger partial charge in [-0.15, -0.1) is 0 Å². The molecular weight excluding hydrogens is 262 g/mol. The fraction of sp³-hybridized carbons (Fsp3) is 0.385.